The van der Waals surface area contributed by atoms with Crippen molar-refractivity contribution < 1.29 is 14.2 Å². The molecule has 4 heteroatoms. The second kappa shape index (κ2) is 4.94. The molecule has 0 aromatic heterocycles. The highest BCUT2D eigenvalue weighted by Crippen LogP contribution is 2.30. The van der Waals surface area contributed by atoms with Crippen molar-refractivity contribution in [2.45, 2.75) is 25.5 Å². The van der Waals surface area contributed by atoms with Crippen LogP contribution in [0.25, 0.3) is 0 Å². The lowest BCUT2D eigenvalue weighted by atomic mass is 10.1. The van der Waals surface area contributed by atoms with Crippen LogP contribution in [-0.4, -0.2) is 31.5 Å². The lowest BCUT2D eigenvalue weighted by molar-refractivity contribution is -0.00237. The highest BCUT2D eigenvalue weighted by molar-refractivity contribution is 5.40. The van der Waals surface area contributed by atoms with Crippen LogP contribution in [0.3, 0.4) is 0 Å². The fourth-order valence-electron chi connectivity index (χ4n) is 1.60. The van der Waals surface area contributed by atoms with Gasteiger partial charge in [-0.2, -0.15) is 0 Å². The van der Waals surface area contributed by atoms with Gasteiger partial charge in [0.25, 0.3) is 0 Å². The number of ether oxygens (including phenoxy) is 3. The predicted octanol–water partition coefficient (Wildman–Crippen LogP) is 1.58. The van der Waals surface area contributed by atoms with Gasteiger partial charge in [-0.25, -0.2) is 0 Å². The molecule has 0 fully saturated rings. The van der Waals surface area contributed by atoms with Crippen LogP contribution >= 0.6 is 0 Å². The smallest absolute Gasteiger partial charge is 0.161 e. The van der Waals surface area contributed by atoms with E-state index in [-0.39, 0.29) is 11.6 Å². The van der Waals surface area contributed by atoms with Gasteiger partial charge in [-0.1, -0.05) is 12.1 Å². The molecule has 94 valence electrons. The van der Waals surface area contributed by atoms with Crippen molar-refractivity contribution in [2.75, 3.05) is 19.8 Å². The minimum Gasteiger partial charge on any atom is -0.486 e. The Bertz CT molecular complexity index is 373. The third-order valence-corrected chi connectivity index (χ3v) is 2.35. The van der Waals surface area contributed by atoms with Gasteiger partial charge in [0.05, 0.1) is 13.2 Å². The van der Waals surface area contributed by atoms with E-state index in [2.05, 4.69) is 0 Å². The van der Waals surface area contributed by atoms with Crippen LogP contribution in [0.15, 0.2) is 24.3 Å². The molecule has 4 nitrogen and oxygen atoms in total. The maximum absolute atomic E-state index is 5.83. The predicted molar refractivity (Wildman–Crippen MR) is 65.4 cm³/mol. The van der Waals surface area contributed by atoms with Gasteiger partial charge in [0, 0.05) is 5.54 Å². The van der Waals surface area contributed by atoms with E-state index in [0.717, 1.165) is 11.5 Å². The Labute approximate surface area is 102 Å². The molecule has 0 aliphatic carbocycles. The topological polar surface area (TPSA) is 53.7 Å². The average molecular weight is 237 g/mol. The maximum Gasteiger partial charge on any atom is 0.161 e. The van der Waals surface area contributed by atoms with Crippen LogP contribution in [-0.2, 0) is 4.74 Å². The Balaban J connectivity index is 1.82. The van der Waals surface area contributed by atoms with E-state index < -0.39 is 0 Å². The molecule has 0 amide bonds. The average Bonchev–Trinajstić information content (AvgIpc) is 2.27. The molecule has 0 spiro atoms. The van der Waals surface area contributed by atoms with Crippen LogP contribution in [0.1, 0.15) is 13.8 Å². The zero-order valence-electron chi connectivity index (χ0n) is 10.3. The molecular weight excluding hydrogens is 218 g/mol. The van der Waals surface area contributed by atoms with Crippen LogP contribution in [0.2, 0.25) is 0 Å². The molecular formula is C13H19NO3. The van der Waals surface area contributed by atoms with Gasteiger partial charge in [-0.3, -0.25) is 0 Å². The molecule has 1 aromatic carbocycles. The third-order valence-electron chi connectivity index (χ3n) is 2.35. The highest BCUT2D eigenvalue weighted by atomic mass is 16.6. The zero-order chi connectivity index (χ0) is 12.3. The third kappa shape index (κ3) is 3.61. The highest BCUT2D eigenvalue weighted by Gasteiger charge is 2.21. The molecule has 1 unspecified atom stereocenters. The lowest BCUT2D eigenvalue weighted by Gasteiger charge is -2.27. The molecule has 0 saturated heterocycles. The van der Waals surface area contributed by atoms with E-state index >= 15 is 0 Å². The number of nitrogens with two attached hydrogens (primary N) is 1. The van der Waals surface area contributed by atoms with Crippen LogP contribution in [0.5, 0.6) is 11.5 Å². The first kappa shape index (κ1) is 12.2. The van der Waals surface area contributed by atoms with Gasteiger partial charge >= 0.3 is 0 Å². The quantitative estimate of drug-likeness (QED) is 0.863. The number of hydrogen-bond donors (Lipinski definition) is 1. The van der Waals surface area contributed by atoms with Gasteiger partial charge in [0.1, 0.15) is 6.61 Å². The van der Waals surface area contributed by atoms with E-state index in [4.69, 9.17) is 19.9 Å². The molecule has 0 bridgehead atoms. The van der Waals surface area contributed by atoms with Gasteiger partial charge < -0.3 is 19.9 Å². The van der Waals surface area contributed by atoms with E-state index in [0.29, 0.717) is 19.8 Å². The summed E-state index contributed by atoms with van der Waals surface area (Å²) >= 11 is 0. The van der Waals surface area contributed by atoms with Crippen LogP contribution in [0, 0.1) is 0 Å². The monoisotopic (exact) mass is 237 g/mol. The normalized spacial score (nSPS) is 19.1. The zero-order valence-corrected chi connectivity index (χ0v) is 10.3. The van der Waals surface area contributed by atoms with Crippen LogP contribution < -0.4 is 15.2 Å². The number of hydrogen-bond acceptors (Lipinski definition) is 4. The fourth-order valence-corrected chi connectivity index (χ4v) is 1.60. The number of para-hydroxylation sites is 2. The Morgan fingerprint density at radius 2 is 2.06 bits per heavy atom. The molecule has 1 heterocycles. The first-order chi connectivity index (χ1) is 8.04. The molecule has 1 atom stereocenters. The summed E-state index contributed by atoms with van der Waals surface area (Å²) in [6.07, 6.45) is -0.0627. The maximum atomic E-state index is 5.83. The number of rotatable bonds is 4. The Hall–Kier alpha value is -1.26. The SMILES string of the molecule is CC(C)(N)COCC1COc2ccccc2O1. The molecule has 2 rings (SSSR count). The molecule has 1 aromatic rings. The van der Waals surface area contributed by atoms with Crippen molar-refractivity contribution in [1.82, 2.24) is 0 Å². The summed E-state index contributed by atoms with van der Waals surface area (Å²) < 4.78 is 16.9. The fraction of sp³-hybridized carbons (Fsp3) is 0.538. The minimum atomic E-state index is -0.312. The van der Waals surface area contributed by atoms with Gasteiger partial charge in [-0.05, 0) is 26.0 Å². The Morgan fingerprint density at radius 1 is 1.35 bits per heavy atom. The molecule has 0 radical (unpaired) electrons. The van der Waals surface area contributed by atoms with E-state index in [1.54, 1.807) is 0 Å². The van der Waals surface area contributed by atoms with Crippen molar-refractivity contribution in [3.8, 4) is 11.5 Å². The summed E-state index contributed by atoms with van der Waals surface area (Å²) in [6.45, 7) is 5.38. The van der Waals surface area contributed by atoms with Crippen molar-refractivity contribution in [3.63, 3.8) is 0 Å². The summed E-state index contributed by atoms with van der Waals surface area (Å²) in [5.74, 6) is 1.57. The molecule has 1 aliphatic rings. The summed E-state index contributed by atoms with van der Waals surface area (Å²) in [4.78, 5) is 0. The van der Waals surface area contributed by atoms with Crippen molar-refractivity contribution in [3.05, 3.63) is 24.3 Å². The van der Waals surface area contributed by atoms with Crippen molar-refractivity contribution >= 4 is 0 Å². The number of benzene rings is 1. The molecule has 17 heavy (non-hydrogen) atoms. The van der Waals surface area contributed by atoms with E-state index in [1.807, 2.05) is 38.1 Å². The molecule has 2 N–H and O–H groups in total. The number of fused-ring (bicyclic) bond motifs is 1. The molecule has 1 aliphatic heterocycles. The van der Waals surface area contributed by atoms with Gasteiger partial charge in [-0.15, -0.1) is 0 Å². The van der Waals surface area contributed by atoms with Crippen molar-refractivity contribution in [1.29, 1.82) is 0 Å². The second-order valence-corrected chi connectivity index (χ2v) is 5.00. The van der Waals surface area contributed by atoms with Crippen LogP contribution in [0.4, 0.5) is 0 Å². The first-order valence-electron chi connectivity index (χ1n) is 5.80. The van der Waals surface area contributed by atoms with Gasteiger partial charge in [0.2, 0.25) is 0 Å². The second-order valence-electron chi connectivity index (χ2n) is 5.00. The summed E-state index contributed by atoms with van der Waals surface area (Å²) in [5, 5.41) is 0. The minimum absolute atomic E-state index is 0.0627. The molecule has 0 saturated carbocycles. The summed E-state index contributed by atoms with van der Waals surface area (Å²) in [7, 11) is 0. The van der Waals surface area contributed by atoms with Gasteiger partial charge in [0.15, 0.2) is 17.6 Å². The standard InChI is InChI=1S/C13H19NO3/c1-13(2,14)9-15-7-10-8-16-11-5-3-4-6-12(11)17-10/h3-6,10H,7-9,14H2,1-2H3. The Morgan fingerprint density at radius 3 is 2.76 bits per heavy atom. The first-order valence-corrected chi connectivity index (χ1v) is 5.80. The van der Waals surface area contributed by atoms with E-state index in [9.17, 15) is 0 Å². The Kier molecular flexibility index (Phi) is 3.54. The lowest BCUT2D eigenvalue weighted by Crippen LogP contribution is -2.40. The largest absolute Gasteiger partial charge is 0.486 e. The van der Waals surface area contributed by atoms with Crippen molar-refractivity contribution in [2.24, 2.45) is 5.73 Å². The summed E-state index contributed by atoms with van der Waals surface area (Å²) in [5.41, 5.74) is 5.52. The van der Waals surface area contributed by atoms with E-state index in [1.165, 1.54) is 0 Å². The summed E-state index contributed by atoms with van der Waals surface area (Å²) in [6, 6.07) is 7.65.